The van der Waals surface area contributed by atoms with Crippen molar-refractivity contribution >= 4 is 0 Å². The Morgan fingerprint density at radius 2 is 2.10 bits per heavy atom. The van der Waals surface area contributed by atoms with E-state index in [2.05, 4.69) is 19.1 Å². The number of halogens is 1. The smallest absolute Gasteiger partial charge is 0.123 e. The average molecular weight is 285 g/mol. The first-order valence-electron chi connectivity index (χ1n) is 7.37. The van der Waals surface area contributed by atoms with Gasteiger partial charge in [-0.05, 0) is 42.7 Å². The first kappa shape index (κ1) is 14.1. The zero-order valence-electron chi connectivity index (χ0n) is 12.2. The summed E-state index contributed by atoms with van der Waals surface area (Å²) in [7, 11) is 0. The maximum Gasteiger partial charge on any atom is 0.123 e. The molecule has 3 heteroatoms. The molecule has 0 aliphatic carbocycles. The standard InChI is InChI=1S/C18H20FNO/c1-12-4-2-3-5-13(12)9-16(20)11-17-10-14-8-15(19)6-7-18(14)21-17/h2-8,16-17H,9-11,20H2,1H3. The molecule has 1 heterocycles. The van der Waals surface area contributed by atoms with Gasteiger partial charge in [0.25, 0.3) is 0 Å². The van der Waals surface area contributed by atoms with E-state index in [9.17, 15) is 4.39 Å². The summed E-state index contributed by atoms with van der Waals surface area (Å²) in [6.45, 7) is 2.10. The predicted octanol–water partition coefficient (Wildman–Crippen LogP) is 3.40. The highest BCUT2D eigenvalue weighted by Crippen LogP contribution is 2.31. The molecule has 0 spiro atoms. The second-order valence-electron chi connectivity index (χ2n) is 5.82. The van der Waals surface area contributed by atoms with Crippen molar-refractivity contribution in [2.45, 2.75) is 38.3 Å². The van der Waals surface area contributed by atoms with Crippen LogP contribution < -0.4 is 10.5 Å². The first-order chi connectivity index (χ1) is 10.1. The molecular weight excluding hydrogens is 265 g/mol. The minimum atomic E-state index is -0.206. The molecular formula is C18H20FNO. The second kappa shape index (κ2) is 5.86. The van der Waals surface area contributed by atoms with Crippen LogP contribution in [0.4, 0.5) is 4.39 Å². The second-order valence-corrected chi connectivity index (χ2v) is 5.82. The summed E-state index contributed by atoms with van der Waals surface area (Å²) >= 11 is 0. The Morgan fingerprint density at radius 1 is 1.29 bits per heavy atom. The van der Waals surface area contributed by atoms with Crippen LogP contribution in [0.1, 0.15) is 23.1 Å². The van der Waals surface area contributed by atoms with Crippen LogP contribution in [-0.2, 0) is 12.8 Å². The number of hydrogen-bond donors (Lipinski definition) is 1. The van der Waals surface area contributed by atoms with Gasteiger partial charge in [0.15, 0.2) is 0 Å². The van der Waals surface area contributed by atoms with E-state index in [0.29, 0.717) is 0 Å². The van der Waals surface area contributed by atoms with E-state index in [0.717, 1.165) is 30.6 Å². The molecule has 3 rings (SSSR count). The van der Waals surface area contributed by atoms with Crippen molar-refractivity contribution in [2.75, 3.05) is 0 Å². The van der Waals surface area contributed by atoms with E-state index in [1.165, 1.54) is 17.2 Å². The molecule has 0 saturated carbocycles. The number of fused-ring (bicyclic) bond motifs is 1. The summed E-state index contributed by atoms with van der Waals surface area (Å²) in [5.74, 6) is 0.590. The zero-order valence-corrected chi connectivity index (χ0v) is 12.2. The highest BCUT2D eigenvalue weighted by Gasteiger charge is 2.25. The molecule has 110 valence electrons. The van der Waals surface area contributed by atoms with Gasteiger partial charge in [-0.15, -0.1) is 0 Å². The third-order valence-electron chi connectivity index (χ3n) is 4.07. The topological polar surface area (TPSA) is 35.2 Å². The monoisotopic (exact) mass is 285 g/mol. The Kier molecular flexibility index (Phi) is 3.93. The molecule has 0 amide bonds. The number of hydrogen-bond acceptors (Lipinski definition) is 2. The zero-order chi connectivity index (χ0) is 14.8. The van der Waals surface area contributed by atoms with Crippen molar-refractivity contribution in [1.82, 2.24) is 0 Å². The van der Waals surface area contributed by atoms with Crippen LogP contribution in [0.3, 0.4) is 0 Å². The fourth-order valence-corrected chi connectivity index (χ4v) is 2.96. The number of rotatable bonds is 4. The van der Waals surface area contributed by atoms with E-state index in [4.69, 9.17) is 10.5 Å². The van der Waals surface area contributed by atoms with Gasteiger partial charge in [0.2, 0.25) is 0 Å². The number of aryl methyl sites for hydroxylation is 1. The number of ether oxygens (including phenoxy) is 1. The Bertz CT molecular complexity index is 641. The van der Waals surface area contributed by atoms with Crippen molar-refractivity contribution in [3.05, 3.63) is 65.0 Å². The third-order valence-corrected chi connectivity index (χ3v) is 4.07. The van der Waals surface area contributed by atoms with E-state index in [1.807, 2.05) is 12.1 Å². The van der Waals surface area contributed by atoms with Crippen molar-refractivity contribution in [3.8, 4) is 5.75 Å². The lowest BCUT2D eigenvalue weighted by molar-refractivity contribution is 0.210. The highest BCUT2D eigenvalue weighted by atomic mass is 19.1. The average Bonchev–Trinajstić information content (AvgIpc) is 2.82. The van der Waals surface area contributed by atoms with Gasteiger partial charge in [-0.25, -0.2) is 4.39 Å². The fraction of sp³-hybridized carbons (Fsp3) is 0.333. The normalized spacial score (nSPS) is 18.1. The van der Waals surface area contributed by atoms with E-state index in [-0.39, 0.29) is 18.0 Å². The van der Waals surface area contributed by atoms with Gasteiger partial charge in [-0.1, -0.05) is 24.3 Å². The fourth-order valence-electron chi connectivity index (χ4n) is 2.96. The van der Waals surface area contributed by atoms with Crippen LogP contribution >= 0.6 is 0 Å². The summed E-state index contributed by atoms with van der Waals surface area (Å²) in [6, 6.07) is 13.1. The lowest BCUT2D eigenvalue weighted by Crippen LogP contribution is -2.30. The summed E-state index contributed by atoms with van der Waals surface area (Å²) in [4.78, 5) is 0. The SMILES string of the molecule is Cc1ccccc1CC(N)CC1Cc2cc(F)ccc2O1. The van der Waals surface area contributed by atoms with E-state index >= 15 is 0 Å². The van der Waals surface area contributed by atoms with Gasteiger partial charge >= 0.3 is 0 Å². The van der Waals surface area contributed by atoms with Crippen molar-refractivity contribution < 1.29 is 9.13 Å². The third kappa shape index (κ3) is 3.24. The maximum atomic E-state index is 13.2. The van der Waals surface area contributed by atoms with Crippen molar-refractivity contribution in [1.29, 1.82) is 0 Å². The Morgan fingerprint density at radius 3 is 2.90 bits per heavy atom. The first-order valence-corrected chi connectivity index (χ1v) is 7.37. The van der Waals surface area contributed by atoms with E-state index in [1.54, 1.807) is 12.1 Å². The molecule has 1 aliphatic heterocycles. The summed E-state index contributed by atoms with van der Waals surface area (Å²) in [6.07, 6.45) is 2.43. The molecule has 0 saturated heterocycles. The van der Waals surface area contributed by atoms with Crippen LogP contribution in [0.2, 0.25) is 0 Å². The lowest BCUT2D eigenvalue weighted by atomic mass is 9.96. The van der Waals surface area contributed by atoms with Crippen molar-refractivity contribution in [3.63, 3.8) is 0 Å². The minimum absolute atomic E-state index is 0.0512. The quantitative estimate of drug-likeness (QED) is 0.934. The van der Waals surface area contributed by atoms with E-state index < -0.39 is 0 Å². The molecule has 2 unspecified atom stereocenters. The van der Waals surface area contributed by atoms with Crippen LogP contribution in [0.25, 0.3) is 0 Å². The van der Waals surface area contributed by atoms with Gasteiger partial charge < -0.3 is 10.5 Å². The Balaban J connectivity index is 1.60. The Labute approximate surface area is 124 Å². The molecule has 0 aromatic heterocycles. The lowest BCUT2D eigenvalue weighted by Gasteiger charge is -2.17. The number of nitrogens with two attached hydrogens (primary N) is 1. The van der Waals surface area contributed by atoms with Crippen LogP contribution in [0.5, 0.6) is 5.75 Å². The molecule has 2 N–H and O–H groups in total. The highest BCUT2D eigenvalue weighted by molar-refractivity contribution is 5.38. The summed E-state index contributed by atoms with van der Waals surface area (Å²) < 4.78 is 19.1. The maximum absolute atomic E-state index is 13.2. The van der Waals surface area contributed by atoms with Gasteiger partial charge in [0, 0.05) is 24.4 Å². The molecule has 2 aromatic rings. The molecule has 2 nitrogen and oxygen atoms in total. The minimum Gasteiger partial charge on any atom is -0.490 e. The molecule has 2 aromatic carbocycles. The van der Waals surface area contributed by atoms with Crippen molar-refractivity contribution in [2.24, 2.45) is 5.73 Å². The van der Waals surface area contributed by atoms with Crippen LogP contribution in [-0.4, -0.2) is 12.1 Å². The molecule has 0 bridgehead atoms. The summed E-state index contributed by atoms with van der Waals surface area (Å²) in [5, 5.41) is 0. The largest absolute Gasteiger partial charge is 0.490 e. The van der Waals surface area contributed by atoms with Gasteiger partial charge in [-0.2, -0.15) is 0 Å². The number of benzene rings is 2. The van der Waals surface area contributed by atoms with Gasteiger partial charge in [0.05, 0.1) is 0 Å². The molecule has 2 atom stereocenters. The van der Waals surface area contributed by atoms with Crippen LogP contribution in [0, 0.1) is 12.7 Å². The van der Waals surface area contributed by atoms with Crippen LogP contribution in [0.15, 0.2) is 42.5 Å². The Hall–Kier alpha value is -1.87. The van der Waals surface area contributed by atoms with Gasteiger partial charge in [0.1, 0.15) is 17.7 Å². The molecule has 21 heavy (non-hydrogen) atoms. The molecule has 0 radical (unpaired) electrons. The van der Waals surface area contributed by atoms with Gasteiger partial charge in [-0.3, -0.25) is 0 Å². The predicted molar refractivity (Wildman–Crippen MR) is 82.0 cm³/mol. The molecule has 1 aliphatic rings. The molecule has 0 fully saturated rings. The summed E-state index contributed by atoms with van der Waals surface area (Å²) in [5.41, 5.74) is 9.77.